The number of nitrogens with zero attached hydrogens (tertiary/aromatic N) is 3. The molecule has 0 radical (unpaired) electrons. The third-order valence-corrected chi connectivity index (χ3v) is 6.30. The van der Waals surface area contributed by atoms with E-state index in [-0.39, 0.29) is 23.7 Å². The van der Waals surface area contributed by atoms with Crippen molar-refractivity contribution in [3.63, 3.8) is 0 Å². The van der Waals surface area contributed by atoms with E-state index in [9.17, 15) is 14.4 Å². The van der Waals surface area contributed by atoms with Crippen LogP contribution in [0.5, 0.6) is 0 Å². The Hall–Kier alpha value is -3.13. The fourth-order valence-electron chi connectivity index (χ4n) is 3.65. The summed E-state index contributed by atoms with van der Waals surface area (Å²) in [5, 5.41) is 7.66. The molecule has 7 nitrogen and oxygen atoms in total. The van der Waals surface area contributed by atoms with Crippen molar-refractivity contribution in [2.24, 2.45) is 0 Å². The highest BCUT2D eigenvalue weighted by atomic mass is 32.2. The van der Waals surface area contributed by atoms with Crippen LogP contribution in [0.15, 0.2) is 53.5 Å². The second kappa shape index (κ2) is 9.34. The van der Waals surface area contributed by atoms with Gasteiger partial charge in [0.15, 0.2) is 0 Å². The highest BCUT2D eigenvalue weighted by molar-refractivity contribution is 7.99. The lowest BCUT2D eigenvalue weighted by Crippen LogP contribution is -2.37. The van der Waals surface area contributed by atoms with Gasteiger partial charge in [0.1, 0.15) is 0 Å². The molecule has 1 fully saturated rings. The van der Waals surface area contributed by atoms with Crippen LogP contribution < -0.4 is 10.7 Å². The summed E-state index contributed by atoms with van der Waals surface area (Å²) < 4.78 is 1.67. The highest BCUT2D eigenvalue weighted by Gasteiger charge is 2.19. The first-order chi connectivity index (χ1) is 15.0. The Morgan fingerprint density at radius 2 is 1.90 bits per heavy atom. The third kappa shape index (κ3) is 4.80. The number of nitrogens with one attached hydrogen (secondary N) is 1. The molecule has 2 amide bonds. The molecule has 0 bridgehead atoms. The Labute approximate surface area is 184 Å². The summed E-state index contributed by atoms with van der Waals surface area (Å²) in [7, 11) is 0. The number of benzene rings is 2. The number of hydrogen-bond donors (Lipinski definition) is 1. The van der Waals surface area contributed by atoms with Gasteiger partial charge in [-0.25, -0.2) is 0 Å². The Morgan fingerprint density at radius 3 is 2.68 bits per heavy atom. The van der Waals surface area contributed by atoms with E-state index >= 15 is 0 Å². The molecule has 1 N–H and O–H groups in total. The fraction of sp³-hybridized carbons (Fsp3) is 0.304. The van der Waals surface area contributed by atoms with Crippen molar-refractivity contribution in [2.75, 3.05) is 29.9 Å². The first-order valence-corrected chi connectivity index (χ1v) is 11.4. The maximum absolute atomic E-state index is 12.7. The second-order valence-corrected chi connectivity index (χ2v) is 8.71. The molecular formula is C23H24N4O3S. The molecule has 1 aromatic heterocycles. The number of carbonyl (C=O) groups excluding carboxylic acids is 2. The average molecular weight is 437 g/mol. The number of hydrogen-bond acceptors (Lipinski definition) is 5. The van der Waals surface area contributed by atoms with Gasteiger partial charge in [-0.05, 0) is 42.8 Å². The maximum Gasteiger partial charge on any atom is 0.253 e. The van der Waals surface area contributed by atoms with Gasteiger partial charge in [-0.3, -0.25) is 19.1 Å². The van der Waals surface area contributed by atoms with Crippen LogP contribution in [0, 0.1) is 6.92 Å². The highest BCUT2D eigenvalue weighted by Crippen LogP contribution is 2.20. The standard InChI is InChI=1S/C23H24N4O3S/c1-16-14-17(23(30)26-10-12-31-13-11-26)6-7-19(16)25-22(29)8-9-27-20-5-3-2-4-18(20)21(28)15-24-27/h2-7,14-15H,8-13H2,1H3,(H,25,29). The van der Waals surface area contributed by atoms with Crippen LogP contribution in [0.2, 0.25) is 0 Å². The Balaban J connectivity index is 1.40. The van der Waals surface area contributed by atoms with Crippen LogP contribution in [0.4, 0.5) is 5.69 Å². The number of thioether (sulfide) groups is 1. The molecule has 1 saturated heterocycles. The van der Waals surface area contributed by atoms with Gasteiger partial charge in [-0.15, -0.1) is 0 Å². The van der Waals surface area contributed by atoms with Crippen molar-refractivity contribution in [3.05, 3.63) is 70.0 Å². The predicted octanol–water partition coefficient (Wildman–Crippen LogP) is 2.92. The molecule has 0 aliphatic carbocycles. The van der Waals surface area contributed by atoms with E-state index in [0.717, 1.165) is 30.2 Å². The molecule has 4 rings (SSSR count). The zero-order valence-corrected chi connectivity index (χ0v) is 18.2. The lowest BCUT2D eigenvalue weighted by Gasteiger charge is -2.26. The average Bonchev–Trinajstić information content (AvgIpc) is 2.80. The molecule has 0 atom stereocenters. The Bertz CT molecular complexity index is 1180. The quantitative estimate of drug-likeness (QED) is 0.665. The summed E-state index contributed by atoms with van der Waals surface area (Å²) in [6, 6.07) is 12.6. The van der Waals surface area contributed by atoms with Crippen LogP contribution in [-0.4, -0.2) is 51.1 Å². The molecule has 8 heteroatoms. The number of aryl methyl sites for hydroxylation is 2. The molecule has 1 aliphatic rings. The molecular weight excluding hydrogens is 412 g/mol. The first kappa shape index (κ1) is 21.1. The molecule has 0 saturated carbocycles. The molecule has 2 heterocycles. The van der Waals surface area contributed by atoms with E-state index in [0.29, 0.717) is 28.7 Å². The van der Waals surface area contributed by atoms with E-state index in [4.69, 9.17) is 0 Å². The first-order valence-electron chi connectivity index (χ1n) is 10.3. The van der Waals surface area contributed by atoms with Crippen molar-refractivity contribution < 1.29 is 9.59 Å². The fourth-order valence-corrected chi connectivity index (χ4v) is 4.55. The largest absolute Gasteiger partial charge is 0.337 e. The van der Waals surface area contributed by atoms with Gasteiger partial charge in [-0.1, -0.05) is 12.1 Å². The Kier molecular flexibility index (Phi) is 6.36. The molecule has 31 heavy (non-hydrogen) atoms. The smallest absolute Gasteiger partial charge is 0.253 e. The SMILES string of the molecule is Cc1cc(C(=O)N2CCSCC2)ccc1NC(=O)CCn1ncc(=O)c2ccccc21. The third-order valence-electron chi connectivity index (χ3n) is 5.36. The molecule has 160 valence electrons. The maximum atomic E-state index is 12.7. The summed E-state index contributed by atoms with van der Waals surface area (Å²) in [5.41, 5.74) is 2.75. The zero-order valence-electron chi connectivity index (χ0n) is 17.3. The van der Waals surface area contributed by atoms with Crippen molar-refractivity contribution in [1.29, 1.82) is 0 Å². The van der Waals surface area contributed by atoms with Crippen molar-refractivity contribution in [3.8, 4) is 0 Å². The lowest BCUT2D eigenvalue weighted by molar-refractivity contribution is -0.116. The summed E-state index contributed by atoms with van der Waals surface area (Å²) in [6.45, 7) is 3.79. The van der Waals surface area contributed by atoms with Gasteiger partial charge in [0.2, 0.25) is 11.3 Å². The van der Waals surface area contributed by atoms with E-state index in [1.807, 2.05) is 47.9 Å². The lowest BCUT2D eigenvalue weighted by atomic mass is 10.1. The van der Waals surface area contributed by atoms with E-state index in [1.54, 1.807) is 22.9 Å². The molecule has 0 spiro atoms. The summed E-state index contributed by atoms with van der Waals surface area (Å²) >= 11 is 1.86. The van der Waals surface area contributed by atoms with Gasteiger partial charge in [0, 0.05) is 47.7 Å². The number of aromatic nitrogens is 2. The zero-order chi connectivity index (χ0) is 21.8. The van der Waals surface area contributed by atoms with Gasteiger partial charge in [0.25, 0.3) is 5.91 Å². The van der Waals surface area contributed by atoms with Crippen LogP contribution in [-0.2, 0) is 11.3 Å². The molecule has 3 aromatic rings. The number of amides is 2. The van der Waals surface area contributed by atoms with Crippen LogP contribution in [0.3, 0.4) is 0 Å². The minimum absolute atomic E-state index is 0.0393. The number of anilines is 1. The van der Waals surface area contributed by atoms with Gasteiger partial charge in [0.05, 0.1) is 18.3 Å². The van der Waals surface area contributed by atoms with E-state index < -0.39 is 0 Å². The molecule has 1 aliphatic heterocycles. The van der Waals surface area contributed by atoms with Gasteiger partial charge >= 0.3 is 0 Å². The van der Waals surface area contributed by atoms with Crippen molar-refractivity contribution in [1.82, 2.24) is 14.7 Å². The normalized spacial score (nSPS) is 13.9. The molecule has 2 aromatic carbocycles. The van der Waals surface area contributed by atoms with E-state index in [2.05, 4.69) is 10.4 Å². The molecule has 0 unspecified atom stereocenters. The van der Waals surface area contributed by atoms with Crippen molar-refractivity contribution in [2.45, 2.75) is 19.9 Å². The van der Waals surface area contributed by atoms with Crippen LogP contribution in [0.25, 0.3) is 10.9 Å². The van der Waals surface area contributed by atoms with Gasteiger partial charge < -0.3 is 10.2 Å². The second-order valence-electron chi connectivity index (χ2n) is 7.48. The predicted molar refractivity (Wildman–Crippen MR) is 124 cm³/mol. The topological polar surface area (TPSA) is 84.3 Å². The number of para-hydroxylation sites is 1. The summed E-state index contributed by atoms with van der Waals surface area (Å²) in [5.74, 6) is 1.83. The number of fused-ring (bicyclic) bond motifs is 1. The summed E-state index contributed by atoms with van der Waals surface area (Å²) in [6.07, 6.45) is 1.49. The minimum atomic E-state index is -0.153. The van der Waals surface area contributed by atoms with Crippen molar-refractivity contribution >= 4 is 40.2 Å². The minimum Gasteiger partial charge on any atom is -0.337 e. The van der Waals surface area contributed by atoms with Crippen LogP contribution in [0.1, 0.15) is 22.3 Å². The summed E-state index contributed by atoms with van der Waals surface area (Å²) in [4.78, 5) is 39.0. The number of carbonyl (C=O) groups is 2. The monoisotopic (exact) mass is 436 g/mol. The van der Waals surface area contributed by atoms with Gasteiger partial charge in [-0.2, -0.15) is 16.9 Å². The van der Waals surface area contributed by atoms with E-state index in [1.165, 1.54) is 6.20 Å². The van der Waals surface area contributed by atoms with Crippen LogP contribution >= 0.6 is 11.8 Å². The Morgan fingerprint density at radius 1 is 1.13 bits per heavy atom. The number of rotatable bonds is 5.